The van der Waals surface area contributed by atoms with Crippen molar-refractivity contribution >= 4 is 0 Å². The van der Waals surface area contributed by atoms with Crippen LogP contribution in [0.2, 0.25) is 0 Å². The minimum Gasteiger partial charge on any atom is -0.385 e. The molecule has 0 bridgehead atoms. The second-order valence-electron chi connectivity index (χ2n) is 4.85. The van der Waals surface area contributed by atoms with Crippen molar-refractivity contribution in [2.24, 2.45) is 11.7 Å². The van der Waals surface area contributed by atoms with E-state index < -0.39 is 0 Å². The Hall–Kier alpha value is -0.120. The first kappa shape index (κ1) is 13.9. The standard InChI is InChI=1S/C11H25NO2/c1-9(6-7-13-5)10(12)8-14-11(2,3)4/h9-10H,6-8,12H2,1-5H3. The van der Waals surface area contributed by atoms with Gasteiger partial charge < -0.3 is 15.2 Å². The summed E-state index contributed by atoms with van der Waals surface area (Å²) in [5, 5.41) is 0. The van der Waals surface area contributed by atoms with E-state index in [4.69, 9.17) is 15.2 Å². The maximum atomic E-state index is 5.98. The van der Waals surface area contributed by atoms with Crippen LogP contribution in [0.15, 0.2) is 0 Å². The fraction of sp³-hybridized carbons (Fsp3) is 1.00. The minimum atomic E-state index is -0.0986. The van der Waals surface area contributed by atoms with Gasteiger partial charge in [0.15, 0.2) is 0 Å². The van der Waals surface area contributed by atoms with E-state index in [-0.39, 0.29) is 11.6 Å². The van der Waals surface area contributed by atoms with Crippen molar-refractivity contribution in [3.63, 3.8) is 0 Å². The summed E-state index contributed by atoms with van der Waals surface area (Å²) in [5.41, 5.74) is 5.89. The number of hydrogen-bond acceptors (Lipinski definition) is 3. The van der Waals surface area contributed by atoms with Crippen molar-refractivity contribution in [3.8, 4) is 0 Å². The summed E-state index contributed by atoms with van der Waals surface area (Å²) in [6.07, 6.45) is 0.991. The maximum Gasteiger partial charge on any atom is 0.0627 e. The molecule has 86 valence electrons. The summed E-state index contributed by atoms with van der Waals surface area (Å²) in [4.78, 5) is 0. The lowest BCUT2D eigenvalue weighted by Crippen LogP contribution is -2.37. The van der Waals surface area contributed by atoms with Crippen LogP contribution in [0.4, 0.5) is 0 Å². The van der Waals surface area contributed by atoms with E-state index in [2.05, 4.69) is 6.92 Å². The van der Waals surface area contributed by atoms with Crippen LogP contribution in [0.1, 0.15) is 34.1 Å². The Bertz CT molecular complexity index is 143. The predicted molar refractivity (Wildman–Crippen MR) is 59.3 cm³/mol. The van der Waals surface area contributed by atoms with Crippen LogP contribution >= 0.6 is 0 Å². The van der Waals surface area contributed by atoms with E-state index in [9.17, 15) is 0 Å². The Kier molecular flexibility index (Phi) is 6.33. The largest absolute Gasteiger partial charge is 0.385 e. The Morgan fingerprint density at radius 3 is 2.29 bits per heavy atom. The molecule has 0 radical (unpaired) electrons. The van der Waals surface area contributed by atoms with Crippen LogP contribution in [0.25, 0.3) is 0 Å². The Balaban J connectivity index is 3.67. The van der Waals surface area contributed by atoms with Crippen molar-refractivity contribution in [2.45, 2.75) is 45.8 Å². The van der Waals surface area contributed by atoms with Crippen molar-refractivity contribution in [3.05, 3.63) is 0 Å². The summed E-state index contributed by atoms with van der Waals surface area (Å²) < 4.78 is 10.6. The molecule has 2 N–H and O–H groups in total. The van der Waals surface area contributed by atoms with E-state index in [1.807, 2.05) is 20.8 Å². The minimum absolute atomic E-state index is 0.0986. The van der Waals surface area contributed by atoms with Gasteiger partial charge in [0.2, 0.25) is 0 Å². The first-order valence-corrected chi connectivity index (χ1v) is 5.25. The molecule has 0 aromatic carbocycles. The van der Waals surface area contributed by atoms with Gasteiger partial charge in [0.05, 0.1) is 12.2 Å². The molecule has 0 saturated carbocycles. The van der Waals surface area contributed by atoms with Gasteiger partial charge in [-0.25, -0.2) is 0 Å². The number of hydrogen-bond donors (Lipinski definition) is 1. The van der Waals surface area contributed by atoms with E-state index in [0.717, 1.165) is 13.0 Å². The summed E-state index contributed by atoms with van der Waals surface area (Å²) in [7, 11) is 1.71. The Labute approximate surface area is 88.0 Å². The number of nitrogens with two attached hydrogens (primary N) is 1. The first-order chi connectivity index (χ1) is 6.37. The average Bonchev–Trinajstić information content (AvgIpc) is 2.09. The van der Waals surface area contributed by atoms with E-state index >= 15 is 0 Å². The second-order valence-corrected chi connectivity index (χ2v) is 4.85. The van der Waals surface area contributed by atoms with Gasteiger partial charge in [0, 0.05) is 19.8 Å². The third-order valence-corrected chi connectivity index (χ3v) is 2.22. The molecule has 0 aromatic heterocycles. The lowest BCUT2D eigenvalue weighted by Gasteiger charge is -2.25. The SMILES string of the molecule is COCCC(C)C(N)COC(C)(C)C. The second kappa shape index (κ2) is 6.38. The molecule has 0 aliphatic rings. The summed E-state index contributed by atoms with van der Waals surface area (Å²) in [6.45, 7) is 9.65. The summed E-state index contributed by atoms with van der Waals surface area (Å²) in [6, 6.07) is 0.101. The molecular weight excluding hydrogens is 178 g/mol. The normalized spacial score (nSPS) is 16.7. The average molecular weight is 203 g/mol. The van der Waals surface area contributed by atoms with E-state index in [1.165, 1.54) is 0 Å². The molecule has 0 spiro atoms. The third kappa shape index (κ3) is 7.30. The van der Waals surface area contributed by atoms with Gasteiger partial charge >= 0.3 is 0 Å². The summed E-state index contributed by atoms with van der Waals surface area (Å²) >= 11 is 0. The molecule has 2 unspecified atom stereocenters. The molecule has 3 nitrogen and oxygen atoms in total. The molecular formula is C11H25NO2. The molecule has 0 fully saturated rings. The van der Waals surface area contributed by atoms with Crippen molar-refractivity contribution in [1.29, 1.82) is 0 Å². The molecule has 0 aliphatic carbocycles. The van der Waals surface area contributed by atoms with Crippen molar-refractivity contribution in [1.82, 2.24) is 0 Å². The fourth-order valence-corrected chi connectivity index (χ4v) is 1.03. The highest BCUT2D eigenvalue weighted by Gasteiger charge is 2.17. The van der Waals surface area contributed by atoms with E-state index in [1.54, 1.807) is 7.11 Å². The third-order valence-electron chi connectivity index (χ3n) is 2.22. The van der Waals surface area contributed by atoms with Crippen LogP contribution in [0.5, 0.6) is 0 Å². The van der Waals surface area contributed by atoms with Gasteiger partial charge in [0.1, 0.15) is 0 Å². The van der Waals surface area contributed by atoms with Gasteiger partial charge in [-0.1, -0.05) is 6.92 Å². The molecule has 3 heteroatoms. The smallest absolute Gasteiger partial charge is 0.0627 e. The lowest BCUT2D eigenvalue weighted by atomic mass is 10.00. The molecule has 0 saturated heterocycles. The van der Waals surface area contributed by atoms with Crippen molar-refractivity contribution in [2.75, 3.05) is 20.3 Å². The zero-order valence-electron chi connectivity index (χ0n) is 10.2. The highest BCUT2D eigenvalue weighted by Crippen LogP contribution is 2.11. The molecule has 0 rings (SSSR count). The van der Waals surface area contributed by atoms with Crippen LogP contribution in [-0.2, 0) is 9.47 Å². The van der Waals surface area contributed by atoms with Gasteiger partial charge in [-0.05, 0) is 33.1 Å². The molecule has 14 heavy (non-hydrogen) atoms. The van der Waals surface area contributed by atoms with Gasteiger partial charge in [-0.2, -0.15) is 0 Å². The number of methoxy groups -OCH3 is 1. The van der Waals surface area contributed by atoms with Crippen molar-refractivity contribution < 1.29 is 9.47 Å². The molecule has 0 aliphatic heterocycles. The molecule has 0 amide bonds. The van der Waals surface area contributed by atoms with Crippen LogP contribution in [0.3, 0.4) is 0 Å². The van der Waals surface area contributed by atoms with Crippen LogP contribution < -0.4 is 5.73 Å². The summed E-state index contributed by atoms with van der Waals surface area (Å²) in [5.74, 6) is 0.442. The van der Waals surface area contributed by atoms with E-state index in [0.29, 0.717) is 12.5 Å². The van der Waals surface area contributed by atoms with Crippen LogP contribution in [-0.4, -0.2) is 32.0 Å². The zero-order chi connectivity index (χ0) is 11.2. The molecule has 0 aromatic rings. The Morgan fingerprint density at radius 2 is 1.86 bits per heavy atom. The number of ether oxygens (including phenoxy) is 2. The highest BCUT2D eigenvalue weighted by atomic mass is 16.5. The fourth-order valence-electron chi connectivity index (χ4n) is 1.03. The predicted octanol–water partition coefficient (Wildman–Crippen LogP) is 1.80. The van der Waals surface area contributed by atoms with Gasteiger partial charge in [-0.15, -0.1) is 0 Å². The molecule has 2 atom stereocenters. The van der Waals surface area contributed by atoms with Gasteiger partial charge in [0.25, 0.3) is 0 Å². The monoisotopic (exact) mass is 203 g/mol. The topological polar surface area (TPSA) is 44.5 Å². The molecule has 0 heterocycles. The zero-order valence-corrected chi connectivity index (χ0v) is 10.2. The van der Waals surface area contributed by atoms with Gasteiger partial charge in [-0.3, -0.25) is 0 Å². The Morgan fingerprint density at radius 1 is 1.29 bits per heavy atom. The lowest BCUT2D eigenvalue weighted by molar-refractivity contribution is -0.0171. The quantitative estimate of drug-likeness (QED) is 0.716. The van der Waals surface area contributed by atoms with Crippen LogP contribution in [0, 0.1) is 5.92 Å². The number of rotatable bonds is 6. The highest BCUT2D eigenvalue weighted by molar-refractivity contribution is 4.70. The maximum absolute atomic E-state index is 5.98. The first-order valence-electron chi connectivity index (χ1n) is 5.25.